The van der Waals surface area contributed by atoms with Crippen molar-refractivity contribution in [1.82, 2.24) is 4.98 Å². The van der Waals surface area contributed by atoms with Gasteiger partial charge < -0.3 is 0 Å². The van der Waals surface area contributed by atoms with E-state index in [2.05, 4.69) is 15.0 Å². The van der Waals surface area contributed by atoms with Gasteiger partial charge in [-0.2, -0.15) is 0 Å². The summed E-state index contributed by atoms with van der Waals surface area (Å²) in [6, 6.07) is 11.3. The van der Waals surface area contributed by atoms with Crippen molar-refractivity contribution in [2.75, 3.05) is 0 Å². The molecule has 1 heterocycles. The monoisotopic (exact) mass is 210 g/mol. The molecule has 0 spiro atoms. The minimum absolute atomic E-state index is 0.610. The quantitative estimate of drug-likeness (QED) is 0.419. The van der Waals surface area contributed by atoms with E-state index in [9.17, 15) is 0 Å². The number of pyridine rings is 1. The Hall–Kier alpha value is -2.32. The predicted octanol–water partition coefficient (Wildman–Crippen LogP) is 4.00. The molecule has 0 atom stereocenters. The van der Waals surface area contributed by atoms with Crippen LogP contribution in [0.1, 0.15) is 5.56 Å². The standard InChI is InChI=1S/C12H10N4/c1-9-6-7-14-12(8-9)10-2-4-11(5-3-10)15-16-13/h2-8H,1H3. The van der Waals surface area contributed by atoms with Gasteiger partial charge in [-0.1, -0.05) is 29.4 Å². The molecule has 1 aromatic heterocycles. The van der Waals surface area contributed by atoms with E-state index < -0.39 is 0 Å². The number of hydrogen-bond donors (Lipinski definition) is 0. The van der Waals surface area contributed by atoms with Gasteiger partial charge in [0.1, 0.15) is 0 Å². The number of aromatic nitrogens is 1. The fourth-order valence-electron chi connectivity index (χ4n) is 1.44. The van der Waals surface area contributed by atoms with Gasteiger partial charge >= 0.3 is 0 Å². The van der Waals surface area contributed by atoms with Crippen molar-refractivity contribution in [3.05, 3.63) is 58.6 Å². The molecule has 4 nitrogen and oxygen atoms in total. The molecular formula is C12H10N4. The zero-order valence-electron chi connectivity index (χ0n) is 8.83. The summed E-state index contributed by atoms with van der Waals surface area (Å²) in [4.78, 5) is 7.01. The second-order valence-corrected chi connectivity index (χ2v) is 3.45. The molecule has 0 saturated heterocycles. The van der Waals surface area contributed by atoms with Gasteiger partial charge in [-0.25, -0.2) is 0 Å². The molecule has 2 aromatic rings. The Bertz CT molecular complexity index is 539. The SMILES string of the molecule is Cc1ccnc(-c2ccc(N=[N+]=[N-])cc2)c1. The maximum absolute atomic E-state index is 8.29. The summed E-state index contributed by atoms with van der Waals surface area (Å²) in [5.41, 5.74) is 12.0. The Morgan fingerprint density at radius 1 is 1.19 bits per heavy atom. The lowest BCUT2D eigenvalue weighted by atomic mass is 10.1. The van der Waals surface area contributed by atoms with Crippen molar-refractivity contribution in [2.24, 2.45) is 5.11 Å². The van der Waals surface area contributed by atoms with Gasteiger partial charge in [0.05, 0.1) is 5.69 Å². The highest BCUT2D eigenvalue weighted by atomic mass is 15.1. The van der Waals surface area contributed by atoms with Crippen LogP contribution in [0.4, 0.5) is 5.69 Å². The van der Waals surface area contributed by atoms with Gasteiger partial charge in [-0.15, -0.1) is 0 Å². The Labute approximate surface area is 93.2 Å². The zero-order valence-corrected chi connectivity index (χ0v) is 8.83. The highest BCUT2D eigenvalue weighted by Gasteiger charge is 1.98. The minimum Gasteiger partial charge on any atom is -0.256 e. The smallest absolute Gasteiger partial charge is 0.0704 e. The van der Waals surface area contributed by atoms with E-state index in [0.717, 1.165) is 11.3 Å². The normalized spacial score (nSPS) is 9.56. The first kappa shape index (κ1) is 10.2. The molecule has 0 fully saturated rings. The van der Waals surface area contributed by atoms with E-state index in [1.54, 1.807) is 18.3 Å². The van der Waals surface area contributed by atoms with Crippen LogP contribution in [-0.4, -0.2) is 4.98 Å². The van der Waals surface area contributed by atoms with Crippen LogP contribution in [-0.2, 0) is 0 Å². The minimum atomic E-state index is 0.610. The second-order valence-electron chi connectivity index (χ2n) is 3.45. The van der Waals surface area contributed by atoms with Gasteiger partial charge in [0, 0.05) is 22.4 Å². The molecule has 0 aliphatic heterocycles. The van der Waals surface area contributed by atoms with Crippen LogP contribution in [0.3, 0.4) is 0 Å². The molecule has 1 aromatic carbocycles. The van der Waals surface area contributed by atoms with Gasteiger partial charge in [-0.05, 0) is 30.2 Å². The summed E-state index contributed by atoms with van der Waals surface area (Å²) in [6.07, 6.45) is 1.78. The number of rotatable bonds is 2. The number of nitrogens with zero attached hydrogens (tertiary/aromatic N) is 4. The average Bonchev–Trinajstić information content (AvgIpc) is 2.30. The van der Waals surface area contributed by atoms with Crippen LogP contribution in [0.5, 0.6) is 0 Å². The fraction of sp³-hybridized carbons (Fsp3) is 0.0833. The molecule has 4 heteroatoms. The van der Waals surface area contributed by atoms with E-state index in [-0.39, 0.29) is 0 Å². The molecule has 16 heavy (non-hydrogen) atoms. The molecule has 0 bridgehead atoms. The third-order valence-corrected chi connectivity index (χ3v) is 2.24. The van der Waals surface area contributed by atoms with E-state index >= 15 is 0 Å². The van der Waals surface area contributed by atoms with Crippen molar-refractivity contribution < 1.29 is 0 Å². The van der Waals surface area contributed by atoms with E-state index in [0.29, 0.717) is 5.69 Å². The highest BCUT2D eigenvalue weighted by Crippen LogP contribution is 2.21. The lowest BCUT2D eigenvalue weighted by Gasteiger charge is -2.01. The van der Waals surface area contributed by atoms with Crippen molar-refractivity contribution in [3.8, 4) is 11.3 Å². The van der Waals surface area contributed by atoms with Crippen molar-refractivity contribution in [1.29, 1.82) is 0 Å². The summed E-state index contributed by atoms with van der Waals surface area (Å²) in [5.74, 6) is 0. The maximum Gasteiger partial charge on any atom is 0.0704 e. The van der Waals surface area contributed by atoms with Gasteiger partial charge in [0.15, 0.2) is 0 Å². The van der Waals surface area contributed by atoms with Crippen LogP contribution < -0.4 is 0 Å². The lowest BCUT2D eigenvalue weighted by molar-refractivity contribution is 1.28. The van der Waals surface area contributed by atoms with Crippen molar-refractivity contribution >= 4 is 5.69 Å². The van der Waals surface area contributed by atoms with Gasteiger partial charge in [0.25, 0.3) is 0 Å². The summed E-state index contributed by atoms with van der Waals surface area (Å²) in [5, 5.41) is 3.52. The van der Waals surface area contributed by atoms with Gasteiger partial charge in [-0.3, -0.25) is 4.98 Å². The van der Waals surface area contributed by atoms with E-state index in [1.165, 1.54) is 5.56 Å². The molecular weight excluding hydrogens is 200 g/mol. The first-order valence-electron chi connectivity index (χ1n) is 4.88. The Morgan fingerprint density at radius 3 is 2.56 bits per heavy atom. The third-order valence-electron chi connectivity index (χ3n) is 2.24. The maximum atomic E-state index is 8.29. The predicted molar refractivity (Wildman–Crippen MR) is 63.2 cm³/mol. The first-order valence-corrected chi connectivity index (χ1v) is 4.88. The zero-order chi connectivity index (χ0) is 11.4. The number of aryl methyl sites for hydroxylation is 1. The number of azide groups is 1. The lowest BCUT2D eigenvalue weighted by Crippen LogP contribution is -1.83. The molecule has 0 radical (unpaired) electrons. The first-order chi connectivity index (χ1) is 7.79. The average molecular weight is 210 g/mol. The molecule has 0 unspecified atom stereocenters. The molecule has 0 aliphatic rings. The number of benzene rings is 1. The Morgan fingerprint density at radius 2 is 1.94 bits per heavy atom. The largest absolute Gasteiger partial charge is 0.256 e. The highest BCUT2D eigenvalue weighted by molar-refractivity contribution is 5.62. The molecule has 78 valence electrons. The summed E-state index contributed by atoms with van der Waals surface area (Å²) in [7, 11) is 0. The number of hydrogen-bond acceptors (Lipinski definition) is 2. The van der Waals surface area contributed by atoms with E-state index in [4.69, 9.17) is 5.53 Å². The molecule has 0 aliphatic carbocycles. The Kier molecular flexibility index (Phi) is 2.85. The van der Waals surface area contributed by atoms with Crippen molar-refractivity contribution in [3.63, 3.8) is 0 Å². The third kappa shape index (κ3) is 2.19. The summed E-state index contributed by atoms with van der Waals surface area (Å²) >= 11 is 0. The van der Waals surface area contributed by atoms with Crippen LogP contribution in [0.15, 0.2) is 47.7 Å². The van der Waals surface area contributed by atoms with E-state index in [1.807, 2.05) is 31.2 Å². The molecule has 0 saturated carbocycles. The van der Waals surface area contributed by atoms with Crippen LogP contribution in [0.2, 0.25) is 0 Å². The van der Waals surface area contributed by atoms with Gasteiger partial charge in [0.2, 0.25) is 0 Å². The van der Waals surface area contributed by atoms with Crippen LogP contribution in [0.25, 0.3) is 21.7 Å². The second kappa shape index (κ2) is 4.47. The van der Waals surface area contributed by atoms with Crippen molar-refractivity contribution in [2.45, 2.75) is 6.92 Å². The fourth-order valence-corrected chi connectivity index (χ4v) is 1.44. The van der Waals surface area contributed by atoms with Crippen LogP contribution >= 0.6 is 0 Å². The molecule has 0 amide bonds. The molecule has 0 N–H and O–H groups in total. The molecule has 2 rings (SSSR count). The van der Waals surface area contributed by atoms with Crippen LogP contribution in [0, 0.1) is 6.92 Å². The topological polar surface area (TPSA) is 61.7 Å². The summed E-state index contributed by atoms with van der Waals surface area (Å²) in [6.45, 7) is 2.03. The Balaban J connectivity index is 2.38. The summed E-state index contributed by atoms with van der Waals surface area (Å²) < 4.78 is 0.